The molecule has 2 N–H and O–H groups in total. The van der Waals surface area contributed by atoms with Crippen LogP contribution in [0.25, 0.3) is 0 Å². The number of carbonyl (C=O) groups is 2. The summed E-state index contributed by atoms with van der Waals surface area (Å²) in [5, 5.41) is 13.1. The van der Waals surface area contributed by atoms with Crippen molar-refractivity contribution in [1.29, 1.82) is 0 Å². The summed E-state index contributed by atoms with van der Waals surface area (Å²) in [5.74, 6) is -0.450. The summed E-state index contributed by atoms with van der Waals surface area (Å²) < 4.78 is 16.2. The largest absolute Gasteiger partial charge is 0.444 e. The summed E-state index contributed by atoms with van der Waals surface area (Å²) >= 11 is 0. The van der Waals surface area contributed by atoms with Crippen LogP contribution < -0.4 is 5.32 Å². The van der Waals surface area contributed by atoms with Crippen molar-refractivity contribution in [3.05, 3.63) is 24.3 Å². The standard InChI is InChI=1S/C20H32N2O6/c1-14(12-21-17(23)20(25)6-9-26-10-7-20)15(2)16-13-27-11-8-22(16)18(24)28-19(3,4)5/h16,25H,1-2,6-13H2,3-5H3,(H,21,23)/t16-/m0/s1. The van der Waals surface area contributed by atoms with E-state index >= 15 is 0 Å². The maximum Gasteiger partial charge on any atom is 0.410 e. The molecular weight excluding hydrogens is 364 g/mol. The predicted molar refractivity (Wildman–Crippen MR) is 104 cm³/mol. The summed E-state index contributed by atoms with van der Waals surface area (Å²) in [5.41, 5.74) is -0.875. The van der Waals surface area contributed by atoms with Gasteiger partial charge in [-0.15, -0.1) is 0 Å². The monoisotopic (exact) mass is 396 g/mol. The molecule has 1 atom stereocenters. The van der Waals surface area contributed by atoms with E-state index in [9.17, 15) is 14.7 Å². The van der Waals surface area contributed by atoms with Crippen molar-refractivity contribution in [2.45, 2.75) is 50.9 Å². The normalized spacial score (nSPS) is 22.3. The lowest BCUT2D eigenvalue weighted by Crippen LogP contribution is -2.52. The summed E-state index contributed by atoms with van der Waals surface area (Å²) in [4.78, 5) is 26.5. The first-order valence-electron chi connectivity index (χ1n) is 9.56. The highest BCUT2D eigenvalue weighted by molar-refractivity contribution is 5.85. The third-order valence-electron chi connectivity index (χ3n) is 4.82. The Morgan fingerprint density at radius 1 is 1.21 bits per heavy atom. The molecule has 2 saturated heterocycles. The molecule has 0 bridgehead atoms. The molecule has 2 aliphatic heterocycles. The average molecular weight is 396 g/mol. The molecule has 0 aliphatic carbocycles. The minimum atomic E-state index is -1.42. The lowest BCUT2D eigenvalue weighted by atomic mass is 9.93. The number of carbonyl (C=O) groups excluding carboxylic acids is 2. The van der Waals surface area contributed by atoms with Gasteiger partial charge >= 0.3 is 6.09 Å². The fraction of sp³-hybridized carbons (Fsp3) is 0.700. The molecule has 2 rings (SSSR count). The number of hydrogen-bond donors (Lipinski definition) is 2. The molecule has 2 aliphatic rings. The first-order valence-corrected chi connectivity index (χ1v) is 9.56. The maximum atomic E-state index is 12.5. The highest BCUT2D eigenvalue weighted by Crippen LogP contribution is 2.23. The highest BCUT2D eigenvalue weighted by atomic mass is 16.6. The third kappa shape index (κ3) is 5.80. The van der Waals surface area contributed by atoms with Crippen molar-refractivity contribution in [3.8, 4) is 0 Å². The van der Waals surface area contributed by atoms with E-state index in [-0.39, 0.29) is 26.0 Å². The van der Waals surface area contributed by atoms with Crippen LogP contribution in [0.1, 0.15) is 33.6 Å². The van der Waals surface area contributed by atoms with Gasteiger partial charge in [0.2, 0.25) is 0 Å². The predicted octanol–water partition coefficient (Wildman–Crippen LogP) is 1.39. The summed E-state index contributed by atoms with van der Waals surface area (Å²) in [6.07, 6.45) is 0.0832. The van der Waals surface area contributed by atoms with Gasteiger partial charge in [-0.2, -0.15) is 0 Å². The molecule has 2 amide bonds. The number of rotatable bonds is 5. The molecule has 0 radical (unpaired) electrons. The Bertz CT molecular complexity index is 619. The molecule has 0 aromatic carbocycles. The first kappa shape index (κ1) is 22.4. The number of nitrogens with one attached hydrogen (secondary N) is 1. The number of aliphatic hydroxyl groups is 1. The minimum absolute atomic E-state index is 0.124. The zero-order valence-electron chi connectivity index (χ0n) is 17.1. The third-order valence-corrected chi connectivity index (χ3v) is 4.82. The van der Waals surface area contributed by atoms with E-state index in [0.717, 1.165) is 0 Å². The van der Waals surface area contributed by atoms with E-state index in [0.29, 0.717) is 37.5 Å². The molecular formula is C20H32N2O6. The van der Waals surface area contributed by atoms with Gasteiger partial charge in [-0.3, -0.25) is 9.69 Å². The Balaban J connectivity index is 1.95. The SMILES string of the molecule is C=C(CNC(=O)C1(O)CCOCC1)C(=C)[C@@H]1COCCN1C(=O)OC(C)(C)C. The van der Waals surface area contributed by atoms with Crippen molar-refractivity contribution in [2.24, 2.45) is 0 Å². The van der Waals surface area contributed by atoms with Gasteiger partial charge in [0, 0.05) is 39.1 Å². The van der Waals surface area contributed by atoms with E-state index < -0.39 is 29.2 Å². The van der Waals surface area contributed by atoms with Gasteiger partial charge in [0.1, 0.15) is 11.2 Å². The molecule has 0 aromatic rings. The molecule has 0 spiro atoms. The van der Waals surface area contributed by atoms with Crippen molar-refractivity contribution in [1.82, 2.24) is 10.2 Å². The second kappa shape index (κ2) is 9.07. The lowest BCUT2D eigenvalue weighted by Gasteiger charge is -2.38. The highest BCUT2D eigenvalue weighted by Gasteiger charge is 2.38. The van der Waals surface area contributed by atoms with E-state index in [4.69, 9.17) is 14.2 Å². The number of ether oxygens (including phenoxy) is 3. The van der Waals surface area contributed by atoms with Crippen LogP contribution in [0.15, 0.2) is 24.3 Å². The fourth-order valence-corrected chi connectivity index (χ4v) is 3.07. The molecule has 28 heavy (non-hydrogen) atoms. The first-order chi connectivity index (χ1) is 13.0. The van der Waals surface area contributed by atoms with E-state index in [1.165, 1.54) is 0 Å². The zero-order valence-corrected chi connectivity index (χ0v) is 17.1. The van der Waals surface area contributed by atoms with Crippen LogP contribution in [-0.4, -0.2) is 78.8 Å². The van der Waals surface area contributed by atoms with Gasteiger partial charge in [0.25, 0.3) is 5.91 Å². The average Bonchev–Trinajstić information content (AvgIpc) is 2.64. The topological polar surface area (TPSA) is 97.3 Å². The molecule has 0 unspecified atom stereocenters. The van der Waals surface area contributed by atoms with Crippen LogP contribution in [0.2, 0.25) is 0 Å². The van der Waals surface area contributed by atoms with E-state index in [2.05, 4.69) is 18.5 Å². The Morgan fingerprint density at radius 3 is 2.46 bits per heavy atom. The van der Waals surface area contributed by atoms with Crippen LogP contribution in [0.5, 0.6) is 0 Å². The molecule has 0 aromatic heterocycles. The van der Waals surface area contributed by atoms with Crippen LogP contribution >= 0.6 is 0 Å². The van der Waals surface area contributed by atoms with Gasteiger partial charge in [0.15, 0.2) is 0 Å². The zero-order chi connectivity index (χ0) is 20.9. The molecule has 2 fully saturated rings. The van der Waals surface area contributed by atoms with Crippen molar-refractivity contribution >= 4 is 12.0 Å². The van der Waals surface area contributed by atoms with Crippen LogP contribution in [0, 0.1) is 0 Å². The fourth-order valence-electron chi connectivity index (χ4n) is 3.07. The molecule has 8 heteroatoms. The number of hydrogen-bond acceptors (Lipinski definition) is 6. The van der Waals surface area contributed by atoms with Crippen molar-refractivity contribution in [3.63, 3.8) is 0 Å². The quantitative estimate of drug-likeness (QED) is 0.682. The Kier molecular flexibility index (Phi) is 7.25. The van der Waals surface area contributed by atoms with Crippen LogP contribution in [0.4, 0.5) is 4.79 Å². The molecule has 158 valence electrons. The summed E-state index contributed by atoms with van der Waals surface area (Å²) in [6, 6.07) is -0.417. The second-order valence-corrected chi connectivity index (χ2v) is 8.22. The minimum Gasteiger partial charge on any atom is -0.444 e. The number of nitrogens with zero attached hydrogens (tertiary/aromatic N) is 1. The van der Waals surface area contributed by atoms with Crippen LogP contribution in [-0.2, 0) is 19.0 Å². The number of amides is 2. The Hall–Kier alpha value is -1.90. The summed E-state index contributed by atoms with van der Waals surface area (Å²) in [7, 11) is 0. The van der Waals surface area contributed by atoms with E-state index in [1.54, 1.807) is 4.90 Å². The van der Waals surface area contributed by atoms with E-state index in [1.807, 2.05) is 20.8 Å². The molecule has 2 heterocycles. The van der Waals surface area contributed by atoms with Gasteiger partial charge < -0.3 is 24.6 Å². The second-order valence-electron chi connectivity index (χ2n) is 8.22. The number of morpholine rings is 1. The van der Waals surface area contributed by atoms with Crippen molar-refractivity contribution in [2.75, 3.05) is 39.5 Å². The lowest BCUT2D eigenvalue weighted by molar-refractivity contribution is -0.149. The van der Waals surface area contributed by atoms with Gasteiger partial charge in [-0.05, 0) is 31.9 Å². The van der Waals surface area contributed by atoms with Crippen molar-refractivity contribution < 1.29 is 28.9 Å². The smallest absolute Gasteiger partial charge is 0.410 e. The molecule has 0 saturated carbocycles. The maximum absolute atomic E-state index is 12.5. The summed E-state index contributed by atoms with van der Waals surface area (Å²) in [6.45, 7) is 15.4. The Labute approximate surface area is 166 Å². The van der Waals surface area contributed by atoms with Crippen LogP contribution in [0.3, 0.4) is 0 Å². The molecule has 8 nitrogen and oxygen atoms in total. The Morgan fingerprint density at radius 2 is 1.86 bits per heavy atom. The van der Waals surface area contributed by atoms with Gasteiger partial charge in [-0.25, -0.2) is 4.79 Å². The van der Waals surface area contributed by atoms with Gasteiger partial charge in [-0.1, -0.05) is 13.2 Å². The van der Waals surface area contributed by atoms with Gasteiger partial charge in [0.05, 0.1) is 19.3 Å².